The van der Waals surface area contributed by atoms with Gasteiger partial charge in [0.15, 0.2) is 12.1 Å². The fourth-order valence-electron chi connectivity index (χ4n) is 6.16. The van der Waals surface area contributed by atoms with Crippen LogP contribution in [-0.4, -0.2) is 80.6 Å². The van der Waals surface area contributed by atoms with Crippen LogP contribution in [0.2, 0.25) is 0 Å². The zero-order valence-electron chi connectivity index (χ0n) is 35.4. The van der Waals surface area contributed by atoms with Gasteiger partial charge in [-0.1, -0.05) is 165 Å². The molecule has 0 aromatic carbocycles. The zero-order chi connectivity index (χ0) is 40.0. The number of likely N-dealkylation sites (N-methyl/N-ethyl adjacent to an activating group) is 1. The van der Waals surface area contributed by atoms with E-state index in [1.165, 1.54) is 89.9 Å². The van der Waals surface area contributed by atoms with Crippen molar-refractivity contribution in [3.63, 3.8) is 0 Å². The van der Waals surface area contributed by atoms with Crippen LogP contribution in [0.5, 0.6) is 0 Å². The minimum atomic E-state index is -0.886. The monoisotopic (exact) mass is 761 g/mol. The molecule has 8 heteroatoms. The number of rotatable bonds is 38. The maximum Gasteiger partial charge on any atom is 0.362 e. The lowest BCUT2D eigenvalue weighted by atomic mass is 10.0. The molecular formula is C46H82NO7+. The highest BCUT2D eigenvalue weighted by Gasteiger charge is 2.31. The third-order valence-electron chi connectivity index (χ3n) is 9.51. The molecule has 312 valence electrons. The Morgan fingerprint density at radius 1 is 0.574 bits per heavy atom. The lowest BCUT2D eigenvalue weighted by molar-refractivity contribution is -0.887. The first-order chi connectivity index (χ1) is 26.1. The minimum absolute atomic E-state index is 0.0333. The molecule has 0 aliphatic heterocycles. The summed E-state index contributed by atoms with van der Waals surface area (Å²) in [6, 6.07) is -0.626. The number of hydrogen-bond donors (Lipinski definition) is 1. The molecule has 0 fully saturated rings. The Hall–Kier alpha value is -2.71. The molecular weight excluding hydrogens is 679 g/mol. The van der Waals surface area contributed by atoms with E-state index in [9.17, 15) is 19.5 Å². The molecule has 2 unspecified atom stereocenters. The highest BCUT2D eigenvalue weighted by atomic mass is 16.6. The number of esters is 2. The molecule has 0 saturated heterocycles. The fraction of sp³-hybridized carbons (Fsp3) is 0.761. The molecule has 0 aromatic rings. The molecule has 0 radical (unpaired) electrons. The summed E-state index contributed by atoms with van der Waals surface area (Å²) in [5.41, 5.74) is 0. The van der Waals surface area contributed by atoms with Crippen LogP contribution in [-0.2, 0) is 28.6 Å². The van der Waals surface area contributed by atoms with Gasteiger partial charge in [-0.25, -0.2) is 4.79 Å². The number of carbonyl (C=O) groups is 3. The van der Waals surface area contributed by atoms with Gasteiger partial charge in [-0.15, -0.1) is 0 Å². The standard InChI is InChI=1S/C46H81NO7/c1-6-8-10-12-14-16-18-20-21-22-23-25-26-28-30-32-34-36-44(48)53-41-42(40-52-39-38-43(46(50)51)47(3,4)5)54-45(49)37-35-33-31-29-27-24-19-17-15-13-11-9-7-2/h9,11,15,17,24,27,31,33,42-43H,6-8,10,12-14,16,18-23,25-26,28-30,32,34-41H2,1-5H3/p+1/b11-9-,17-15-,27-24-,33-31-. The average molecular weight is 761 g/mol. The van der Waals surface area contributed by atoms with Gasteiger partial charge in [-0.05, 0) is 38.5 Å². The number of carboxylic acid groups (broad SMARTS) is 1. The summed E-state index contributed by atoms with van der Waals surface area (Å²) >= 11 is 0. The van der Waals surface area contributed by atoms with E-state index in [2.05, 4.69) is 50.3 Å². The zero-order valence-corrected chi connectivity index (χ0v) is 35.4. The first-order valence-corrected chi connectivity index (χ1v) is 21.7. The maximum absolute atomic E-state index is 12.6. The van der Waals surface area contributed by atoms with Crippen LogP contribution >= 0.6 is 0 Å². The predicted molar refractivity (Wildman–Crippen MR) is 224 cm³/mol. The van der Waals surface area contributed by atoms with E-state index in [-0.39, 0.29) is 42.7 Å². The molecule has 0 amide bonds. The molecule has 0 heterocycles. The number of nitrogens with zero attached hydrogens (tertiary/aromatic N) is 1. The average Bonchev–Trinajstić information content (AvgIpc) is 3.12. The Balaban J connectivity index is 4.39. The van der Waals surface area contributed by atoms with Crippen molar-refractivity contribution in [1.82, 2.24) is 0 Å². The van der Waals surface area contributed by atoms with Crippen molar-refractivity contribution in [3.8, 4) is 0 Å². The van der Waals surface area contributed by atoms with Crippen molar-refractivity contribution in [2.75, 3.05) is 41.0 Å². The molecule has 0 spiro atoms. The lowest BCUT2D eigenvalue weighted by Gasteiger charge is -2.31. The summed E-state index contributed by atoms with van der Waals surface area (Å²) < 4.78 is 17.2. The Morgan fingerprint density at radius 3 is 1.50 bits per heavy atom. The van der Waals surface area contributed by atoms with Crippen molar-refractivity contribution < 1.29 is 38.2 Å². The van der Waals surface area contributed by atoms with Crippen molar-refractivity contribution in [3.05, 3.63) is 48.6 Å². The Morgan fingerprint density at radius 2 is 1.04 bits per heavy atom. The number of allylic oxidation sites excluding steroid dienone is 8. The SMILES string of the molecule is CC/C=C\C/C=C\C/C=C\C/C=C\CCC(=O)OC(COCCC(C(=O)O)[N+](C)(C)C)COC(=O)CCCCCCCCCCCCCCCCCCC. The van der Waals surface area contributed by atoms with Gasteiger partial charge in [0.1, 0.15) is 6.61 Å². The van der Waals surface area contributed by atoms with Gasteiger partial charge >= 0.3 is 17.9 Å². The fourth-order valence-corrected chi connectivity index (χ4v) is 6.16. The van der Waals surface area contributed by atoms with Crippen LogP contribution in [0.1, 0.15) is 174 Å². The predicted octanol–water partition coefficient (Wildman–Crippen LogP) is 11.6. The van der Waals surface area contributed by atoms with Crippen LogP contribution in [0.3, 0.4) is 0 Å². The highest BCUT2D eigenvalue weighted by Crippen LogP contribution is 2.15. The van der Waals surface area contributed by atoms with Gasteiger partial charge < -0.3 is 23.8 Å². The molecule has 0 bridgehead atoms. The second-order valence-corrected chi connectivity index (χ2v) is 15.6. The summed E-state index contributed by atoms with van der Waals surface area (Å²) in [5.74, 6) is -1.57. The van der Waals surface area contributed by atoms with Crippen LogP contribution in [0, 0.1) is 0 Å². The summed E-state index contributed by atoms with van der Waals surface area (Å²) in [7, 11) is 5.50. The van der Waals surface area contributed by atoms with E-state index in [1.54, 1.807) is 0 Å². The second kappa shape index (κ2) is 37.2. The van der Waals surface area contributed by atoms with Gasteiger partial charge in [0.2, 0.25) is 0 Å². The molecule has 8 nitrogen and oxygen atoms in total. The summed E-state index contributed by atoms with van der Waals surface area (Å²) in [6.45, 7) is 4.55. The van der Waals surface area contributed by atoms with E-state index < -0.39 is 18.1 Å². The Labute approximate surface area is 331 Å². The molecule has 0 aromatic heterocycles. The smallest absolute Gasteiger partial charge is 0.362 e. The number of carbonyl (C=O) groups excluding carboxylic acids is 2. The van der Waals surface area contributed by atoms with E-state index in [0.717, 1.165) is 44.9 Å². The van der Waals surface area contributed by atoms with Gasteiger partial charge in [0, 0.05) is 19.3 Å². The number of hydrogen-bond acceptors (Lipinski definition) is 6. The van der Waals surface area contributed by atoms with Crippen molar-refractivity contribution in [1.29, 1.82) is 0 Å². The van der Waals surface area contributed by atoms with Crippen LogP contribution < -0.4 is 0 Å². The Kier molecular flexibility index (Phi) is 35.4. The van der Waals surface area contributed by atoms with Crippen molar-refractivity contribution in [2.45, 2.75) is 187 Å². The van der Waals surface area contributed by atoms with Crippen LogP contribution in [0.25, 0.3) is 0 Å². The first-order valence-electron chi connectivity index (χ1n) is 21.7. The minimum Gasteiger partial charge on any atom is -0.477 e. The van der Waals surface area contributed by atoms with E-state index in [0.29, 0.717) is 19.3 Å². The van der Waals surface area contributed by atoms with E-state index in [4.69, 9.17) is 14.2 Å². The normalized spacial score (nSPS) is 13.4. The molecule has 2 atom stereocenters. The number of unbranched alkanes of at least 4 members (excludes halogenated alkanes) is 16. The quantitative estimate of drug-likeness (QED) is 0.0289. The van der Waals surface area contributed by atoms with Gasteiger partial charge in [0.25, 0.3) is 0 Å². The Bertz CT molecular complexity index is 1030. The molecule has 0 saturated carbocycles. The maximum atomic E-state index is 12.6. The summed E-state index contributed by atoms with van der Waals surface area (Å²) in [4.78, 5) is 36.9. The molecule has 54 heavy (non-hydrogen) atoms. The third-order valence-corrected chi connectivity index (χ3v) is 9.51. The number of quaternary nitrogens is 1. The van der Waals surface area contributed by atoms with Crippen LogP contribution in [0.15, 0.2) is 48.6 Å². The topological polar surface area (TPSA) is 99.1 Å². The number of carboxylic acids is 1. The summed E-state index contributed by atoms with van der Waals surface area (Å²) in [5, 5.41) is 9.60. The second-order valence-electron chi connectivity index (χ2n) is 15.6. The third kappa shape index (κ3) is 35.0. The molecule has 0 aliphatic rings. The number of aliphatic carboxylic acids is 1. The van der Waals surface area contributed by atoms with Gasteiger partial charge in [0.05, 0.1) is 34.4 Å². The molecule has 0 rings (SSSR count). The van der Waals surface area contributed by atoms with Gasteiger partial charge in [-0.2, -0.15) is 0 Å². The first kappa shape index (κ1) is 51.3. The van der Waals surface area contributed by atoms with Crippen molar-refractivity contribution >= 4 is 17.9 Å². The highest BCUT2D eigenvalue weighted by molar-refractivity contribution is 5.72. The summed E-state index contributed by atoms with van der Waals surface area (Å²) in [6.07, 6.45) is 43.2. The van der Waals surface area contributed by atoms with E-state index in [1.807, 2.05) is 33.3 Å². The largest absolute Gasteiger partial charge is 0.477 e. The lowest BCUT2D eigenvalue weighted by Crippen LogP contribution is -2.50. The molecule has 0 aliphatic carbocycles. The number of ether oxygens (including phenoxy) is 3. The molecule has 1 N–H and O–H groups in total. The van der Waals surface area contributed by atoms with Crippen LogP contribution in [0.4, 0.5) is 0 Å². The van der Waals surface area contributed by atoms with E-state index >= 15 is 0 Å². The van der Waals surface area contributed by atoms with Crippen molar-refractivity contribution in [2.24, 2.45) is 0 Å². The van der Waals surface area contributed by atoms with Gasteiger partial charge in [-0.3, -0.25) is 9.59 Å².